The highest BCUT2D eigenvalue weighted by atomic mass is 127. The standard InChI is InChI=1S/C13H8Br2IN3O2/c14-9-1-7(12(20)11(16)3-9)5-18-19-13(21)8-2-10(15)6-17-4-8/h1-6,20H,(H,19,21)/b18-5+. The van der Waals surface area contributed by atoms with Gasteiger partial charge in [0.25, 0.3) is 5.91 Å². The molecule has 8 heteroatoms. The summed E-state index contributed by atoms with van der Waals surface area (Å²) >= 11 is 8.59. The van der Waals surface area contributed by atoms with Crippen molar-refractivity contribution in [3.05, 3.63) is 54.2 Å². The summed E-state index contributed by atoms with van der Waals surface area (Å²) in [5.74, 6) is -0.273. The number of halogens is 3. The Morgan fingerprint density at radius 1 is 1.29 bits per heavy atom. The molecule has 0 spiro atoms. The van der Waals surface area contributed by atoms with Crippen molar-refractivity contribution in [1.82, 2.24) is 10.4 Å². The summed E-state index contributed by atoms with van der Waals surface area (Å²) < 4.78 is 2.21. The first-order valence-electron chi connectivity index (χ1n) is 5.59. The molecule has 2 rings (SSSR count). The van der Waals surface area contributed by atoms with E-state index >= 15 is 0 Å². The average Bonchev–Trinajstić information content (AvgIpc) is 2.43. The molecule has 2 N–H and O–H groups in total. The molecule has 0 aliphatic rings. The van der Waals surface area contributed by atoms with Crippen molar-refractivity contribution in [3.8, 4) is 5.75 Å². The van der Waals surface area contributed by atoms with Crippen molar-refractivity contribution < 1.29 is 9.90 Å². The Labute approximate surface area is 151 Å². The van der Waals surface area contributed by atoms with Gasteiger partial charge in [-0.3, -0.25) is 9.78 Å². The Balaban J connectivity index is 2.11. The second-order valence-electron chi connectivity index (χ2n) is 3.92. The summed E-state index contributed by atoms with van der Waals surface area (Å²) in [7, 11) is 0. The van der Waals surface area contributed by atoms with Gasteiger partial charge >= 0.3 is 0 Å². The Hall–Kier alpha value is -1.00. The monoisotopic (exact) mass is 523 g/mol. The first-order chi connectivity index (χ1) is 9.97. The molecule has 5 nitrogen and oxygen atoms in total. The van der Waals surface area contributed by atoms with E-state index < -0.39 is 0 Å². The van der Waals surface area contributed by atoms with Gasteiger partial charge in [-0.25, -0.2) is 5.43 Å². The van der Waals surface area contributed by atoms with Crippen molar-refractivity contribution in [1.29, 1.82) is 0 Å². The molecule has 0 bridgehead atoms. The van der Waals surface area contributed by atoms with Gasteiger partial charge in [0.2, 0.25) is 0 Å². The number of carbonyl (C=O) groups excluding carboxylic acids is 1. The van der Waals surface area contributed by atoms with Crippen LogP contribution in [0.25, 0.3) is 0 Å². The Morgan fingerprint density at radius 3 is 2.76 bits per heavy atom. The van der Waals surface area contributed by atoms with Crippen LogP contribution in [0.3, 0.4) is 0 Å². The fraction of sp³-hybridized carbons (Fsp3) is 0. The number of rotatable bonds is 3. The zero-order valence-electron chi connectivity index (χ0n) is 10.3. The lowest BCUT2D eigenvalue weighted by molar-refractivity contribution is 0.0954. The van der Waals surface area contributed by atoms with E-state index in [4.69, 9.17) is 0 Å². The predicted molar refractivity (Wildman–Crippen MR) is 95.5 cm³/mol. The number of nitrogens with one attached hydrogen (secondary N) is 1. The summed E-state index contributed by atoms with van der Waals surface area (Å²) in [5, 5.41) is 13.7. The molecule has 0 aliphatic heterocycles. The minimum Gasteiger partial charge on any atom is -0.506 e. The van der Waals surface area contributed by atoms with Crippen LogP contribution >= 0.6 is 54.5 Å². The van der Waals surface area contributed by atoms with Crippen molar-refractivity contribution >= 4 is 66.6 Å². The molecule has 0 aliphatic carbocycles. The van der Waals surface area contributed by atoms with Crippen LogP contribution in [0.2, 0.25) is 0 Å². The molecule has 108 valence electrons. The Morgan fingerprint density at radius 2 is 2.05 bits per heavy atom. The number of aromatic hydroxyl groups is 1. The number of pyridine rings is 1. The van der Waals surface area contributed by atoms with Crippen LogP contribution in [0.15, 0.2) is 44.6 Å². The third-order valence-corrected chi connectivity index (χ3v) is 4.11. The number of phenolic OH excluding ortho intramolecular Hbond substituents is 1. The number of aromatic nitrogens is 1. The molecule has 1 amide bonds. The SMILES string of the molecule is O=C(N/N=C/c1cc(Br)cc(I)c1O)c1cncc(Br)c1. The van der Waals surface area contributed by atoms with E-state index in [9.17, 15) is 9.90 Å². The summed E-state index contributed by atoms with van der Waals surface area (Å²) in [5.41, 5.74) is 3.27. The smallest absolute Gasteiger partial charge is 0.272 e. The number of carbonyl (C=O) groups is 1. The van der Waals surface area contributed by atoms with E-state index in [0.717, 1.165) is 4.47 Å². The Kier molecular flexibility index (Phi) is 5.71. The molecule has 1 aromatic heterocycles. The highest BCUT2D eigenvalue weighted by Gasteiger charge is 2.07. The predicted octanol–water partition coefficient (Wildman–Crippen LogP) is 3.68. The van der Waals surface area contributed by atoms with Gasteiger partial charge in [0, 0.05) is 26.9 Å². The summed E-state index contributed by atoms with van der Waals surface area (Å²) in [4.78, 5) is 15.7. The molecule has 1 heterocycles. The fourth-order valence-corrected chi connectivity index (χ4v) is 3.36. The molecule has 0 atom stereocenters. The second kappa shape index (κ2) is 7.32. The summed E-state index contributed by atoms with van der Waals surface area (Å²) in [6, 6.07) is 5.12. The number of nitrogens with zero attached hydrogens (tertiary/aromatic N) is 2. The van der Waals surface area contributed by atoms with Gasteiger partial charge in [-0.05, 0) is 56.7 Å². The topological polar surface area (TPSA) is 74.6 Å². The highest BCUT2D eigenvalue weighted by Crippen LogP contribution is 2.27. The lowest BCUT2D eigenvalue weighted by Crippen LogP contribution is -2.17. The van der Waals surface area contributed by atoms with Crippen LogP contribution in [-0.4, -0.2) is 22.2 Å². The van der Waals surface area contributed by atoms with Gasteiger partial charge < -0.3 is 5.11 Å². The molecule has 0 saturated heterocycles. The largest absolute Gasteiger partial charge is 0.506 e. The van der Waals surface area contributed by atoms with E-state index in [-0.39, 0.29) is 11.7 Å². The molecule has 21 heavy (non-hydrogen) atoms. The van der Waals surface area contributed by atoms with Crippen LogP contribution in [0.5, 0.6) is 5.75 Å². The number of amides is 1. The quantitative estimate of drug-likeness (QED) is 0.365. The minimum absolute atomic E-state index is 0.112. The summed E-state index contributed by atoms with van der Waals surface area (Å²) in [6.45, 7) is 0. The zero-order valence-corrected chi connectivity index (χ0v) is 15.7. The number of hydrazone groups is 1. The fourth-order valence-electron chi connectivity index (χ4n) is 1.45. The minimum atomic E-state index is -0.385. The summed E-state index contributed by atoms with van der Waals surface area (Å²) in [6.07, 6.45) is 4.40. The van der Waals surface area contributed by atoms with Crippen molar-refractivity contribution in [3.63, 3.8) is 0 Å². The lowest BCUT2D eigenvalue weighted by Gasteiger charge is -2.03. The number of phenols is 1. The third kappa shape index (κ3) is 4.48. The van der Waals surface area contributed by atoms with Gasteiger partial charge in [-0.1, -0.05) is 15.9 Å². The first-order valence-corrected chi connectivity index (χ1v) is 8.26. The second-order valence-corrected chi connectivity index (χ2v) is 6.91. The molecular formula is C13H8Br2IN3O2. The van der Waals surface area contributed by atoms with Crippen LogP contribution in [0, 0.1) is 3.57 Å². The maximum atomic E-state index is 11.8. The molecule has 2 aromatic rings. The molecule has 1 aromatic carbocycles. The molecule has 0 fully saturated rings. The maximum Gasteiger partial charge on any atom is 0.272 e. The lowest BCUT2D eigenvalue weighted by atomic mass is 10.2. The molecule has 0 radical (unpaired) electrons. The molecular weight excluding hydrogens is 517 g/mol. The normalized spacial score (nSPS) is 10.8. The maximum absolute atomic E-state index is 11.8. The van der Waals surface area contributed by atoms with E-state index in [2.05, 4.69) is 47.4 Å². The van der Waals surface area contributed by atoms with Gasteiger partial charge in [0.15, 0.2) is 0 Å². The first kappa shape index (κ1) is 16.4. The van der Waals surface area contributed by atoms with Crippen molar-refractivity contribution in [2.24, 2.45) is 5.10 Å². The van der Waals surface area contributed by atoms with Crippen LogP contribution in [0.4, 0.5) is 0 Å². The van der Waals surface area contributed by atoms with Gasteiger partial charge in [-0.2, -0.15) is 5.10 Å². The van der Waals surface area contributed by atoms with Crippen molar-refractivity contribution in [2.75, 3.05) is 0 Å². The van der Waals surface area contributed by atoms with Crippen LogP contribution in [0.1, 0.15) is 15.9 Å². The van der Waals surface area contributed by atoms with E-state index in [1.54, 1.807) is 24.4 Å². The molecule has 0 saturated carbocycles. The Bertz CT molecular complexity index is 723. The number of hydrogen-bond acceptors (Lipinski definition) is 4. The van der Waals surface area contributed by atoms with Crippen molar-refractivity contribution in [2.45, 2.75) is 0 Å². The average molecular weight is 525 g/mol. The number of benzene rings is 1. The van der Waals surface area contributed by atoms with Gasteiger partial charge in [0.05, 0.1) is 15.3 Å². The van der Waals surface area contributed by atoms with Gasteiger partial charge in [0.1, 0.15) is 5.75 Å². The third-order valence-electron chi connectivity index (χ3n) is 2.39. The van der Waals surface area contributed by atoms with E-state index in [1.165, 1.54) is 12.4 Å². The highest BCUT2D eigenvalue weighted by molar-refractivity contribution is 14.1. The van der Waals surface area contributed by atoms with Crippen LogP contribution in [-0.2, 0) is 0 Å². The molecule has 0 unspecified atom stereocenters. The number of hydrogen-bond donors (Lipinski definition) is 2. The zero-order chi connectivity index (χ0) is 15.4. The van der Waals surface area contributed by atoms with E-state index in [0.29, 0.717) is 19.2 Å². The van der Waals surface area contributed by atoms with Crippen LogP contribution < -0.4 is 5.43 Å². The van der Waals surface area contributed by atoms with Gasteiger partial charge in [-0.15, -0.1) is 0 Å². The van der Waals surface area contributed by atoms with E-state index in [1.807, 2.05) is 22.6 Å².